The second-order valence-electron chi connectivity index (χ2n) is 8.09. The fraction of sp³-hybridized carbons (Fsp3) is 0.944. The summed E-state index contributed by atoms with van der Waals surface area (Å²) >= 11 is 0. The minimum absolute atomic E-state index is 0.167. The maximum Gasteiger partial charge on any atom is 0.408 e. The van der Waals surface area contributed by atoms with Crippen molar-refractivity contribution in [2.24, 2.45) is 5.73 Å². The first-order chi connectivity index (χ1) is 11.0. The summed E-state index contributed by atoms with van der Waals surface area (Å²) in [7, 11) is 1.71. The molecular weight excluding hydrogens is 306 g/mol. The number of ether oxygens (including phenoxy) is 2. The summed E-state index contributed by atoms with van der Waals surface area (Å²) in [6.45, 7) is 16.0. The molecule has 0 fully saturated rings. The van der Waals surface area contributed by atoms with Crippen molar-refractivity contribution in [3.8, 4) is 0 Å². The van der Waals surface area contributed by atoms with Crippen molar-refractivity contribution in [2.75, 3.05) is 26.8 Å². The number of carbonyl (C=O) groups excluding carboxylic acids is 1. The topological polar surface area (TPSA) is 76.8 Å². The summed E-state index contributed by atoms with van der Waals surface area (Å²) in [6.07, 6.45) is 1.40. The highest BCUT2D eigenvalue weighted by Gasteiger charge is 2.31. The van der Waals surface area contributed by atoms with Gasteiger partial charge in [0.25, 0.3) is 0 Å². The molecular formula is C18H39N3O3. The highest BCUT2D eigenvalue weighted by molar-refractivity contribution is 5.68. The Balaban J connectivity index is 4.93. The van der Waals surface area contributed by atoms with Gasteiger partial charge in [0, 0.05) is 37.8 Å². The third-order valence-electron chi connectivity index (χ3n) is 4.04. The summed E-state index contributed by atoms with van der Waals surface area (Å²) in [5.74, 6) is 0. The molecule has 24 heavy (non-hydrogen) atoms. The van der Waals surface area contributed by atoms with Crippen molar-refractivity contribution in [1.82, 2.24) is 10.2 Å². The van der Waals surface area contributed by atoms with E-state index in [1.54, 1.807) is 7.11 Å². The second-order valence-corrected chi connectivity index (χ2v) is 8.09. The second kappa shape index (κ2) is 10.2. The Hall–Kier alpha value is -0.850. The Bertz CT molecular complexity index is 367. The van der Waals surface area contributed by atoms with Crippen molar-refractivity contribution in [1.29, 1.82) is 0 Å². The molecule has 3 N–H and O–H groups in total. The monoisotopic (exact) mass is 345 g/mol. The Labute approximate surface area is 148 Å². The Morgan fingerprint density at radius 3 is 2.25 bits per heavy atom. The summed E-state index contributed by atoms with van der Waals surface area (Å²) in [4.78, 5) is 14.5. The van der Waals surface area contributed by atoms with Gasteiger partial charge >= 0.3 is 6.09 Å². The zero-order valence-corrected chi connectivity index (χ0v) is 16.9. The van der Waals surface area contributed by atoms with Gasteiger partial charge in [-0.1, -0.05) is 6.92 Å². The summed E-state index contributed by atoms with van der Waals surface area (Å²) < 4.78 is 10.6. The van der Waals surface area contributed by atoms with Gasteiger partial charge in [-0.3, -0.25) is 4.90 Å². The Kier molecular flexibility index (Phi) is 9.85. The molecule has 0 heterocycles. The number of nitrogens with two attached hydrogens (primary N) is 1. The quantitative estimate of drug-likeness (QED) is 0.637. The lowest BCUT2D eigenvalue weighted by molar-refractivity contribution is 0.0415. The molecule has 6 heteroatoms. The number of hydrogen-bond donors (Lipinski definition) is 2. The van der Waals surface area contributed by atoms with Crippen LogP contribution in [0.4, 0.5) is 4.79 Å². The van der Waals surface area contributed by atoms with Gasteiger partial charge in [0.05, 0.1) is 6.61 Å². The fourth-order valence-corrected chi connectivity index (χ4v) is 2.75. The first-order valence-corrected chi connectivity index (χ1v) is 8.91. The molecule has 0 saturated heterocycles. The molecule has 0 rings (SSSR count). The van der Waals surface area contributed by atoms with E-state index in [4.69, 9.17) is 15.2 Å². The molecule has 0 aliphatic carbocycles. The van der Waals surface area contributed by atoms with E-state index in [0.717, 1.165) is 19.4 Å². The number of hydrogen-bond acceptors (Lipinski definition) is 5. The predicted octanol–water partition coefficient (Wildman–Crippen LogP) is 2.75. The van der Waals surface area contributed by atoms with E-state index >= 15 is 0 Å². The summed E-state index contributed by atoms with van der Waals surface area (Å²) in [6, 6.07) is 0.575. The van der Waals surface area contributed by atoms with E-state index in [1.165, 1.54) is 0 Å². The molecule has 0 radical (unpaired) electrons. The van der Waals surface area contributed by atoms with Gasteiger partial charge in [0.1, 0.15) is 5.60 Å². The highest BCUT2D eigenvalue weighted by Crippen LogP contribution is 2.19. The van der Waals surface area contributed by atoms with Crippen LogP contribution in [0.5, 0.6) is 0 Å². The number of rotatable bonds is 10. The lowest BCUT2D eigenvalue weighted by Crippen LogP contribution is -2.54. The van der Waals surface area contributed by atoms with Gasteiger partial charge in [-0.25, -0.2) is 4.79 Å². The van der Waals surface area contributed by atoms with Gasteiger partial charge in [-0.2, -0.15) is 0 Å². The molecule has 0 aliphatic heterocycles. The van der Waals surface area contributed by atoms with E-state index in [2.05, 4.69) is 24.1 Å². The Morgan fingerprint density at radius 1 is 1.25 bits per heavy atom. The molecule has 2 atom stereocenters. The maximum absolute atomic E-state index is 12.1. The molecule has 0 aromatic carbocycles. The third-order valence-corrected chi connectivity index (χ3v) is 4.04. The summed E-state index contributed by atoms with van der Waals surface area (Å²) in [5, 5.41) is 2.97. The lowest BCUT2D eigenvalue weighted by atomic mass is 9.93. The van der Waals surface area contributed by atoms with Crippen LogP contribution in [0.15, 0.2) is 0 Å². The van der Waals surface area contributed by atoms with Crippen LogP contribution in [0.25, 0.3) is 0 Å². The number of nitrogens with zero attached hydrogens (tertiary/aromatic N) is 1. The van der Waals surface area contributed by atoms with Crippen LogP contribution in [-0.4, -0.2) is 61.0 Å². The number of amides is 1. The van der Waals surface area contributed by atoms with Gasteiger partial charge < -0.3 is 20.5 Å². The van der Waals surface area contributed by atoms with Gasteiger partial charge in [-0.05, 0) is 54.4 Å². The smallest absolute Gasteiger partial charge is 0.408 e. The van der Waals surface area contributed by atoms with Crippen LogP contribution in [0, 0.1) is 0 Å². The first kappa shape index (κ1) is 23.1. The van der Waals surface area contributed by atoms with Gasteiger partial charge in [-0.15, -0.1) is 0 Å². The van der Waals surface area contributed by atoms with E-state index in [-0.39, 0.29) is 6.04 Å². The van der Waals surface area contributed by atoms with Crippen LogP contribution < -0.4 is 11.1 Å². The zero-order valence-electron chi connectivity index (χ0n) is 16.9. The SMILES string of the molecule is CCC(C)N(CCOC)C(CN)CC(C)(C)NC(=O)OC(C)(C)C. The maximum atomic E-state index is 12.1. The van der Waals surface area contributed by atoms with Crippen LogP contribution in [0.1, 0.15) is 61.3 Å². The zero-order chi connectivity index (χ0) is 19.0. The van der Waals surface area contributed by atoms with E-state index in [0.29, 0.717) is 19.2 Å². The van der Waals surface area contributed by atoms with Crippen molar-refractivity contribution >= 4 is 6.09 Å². The molecule has 144 valence electrons. The molecule has 2 unspecified atom stereocenters. The molecule has 0 saturated carbocycles. The molecule has 0 aromatic rings. The third kappa shape index (κ3) is 9.45. The highest BCUT2D eigenvalue weighted by atomic mass is 16.6. The number of alkyl carbamates (subject to hydrolysis) is 1. The predicted molar refractivity (Wildman–Crippen MR) is 99.2 cm³/mol. The Morgan fingerprint density at radius 2 is 1.83 bits per heavy atom. The van der Waals surface area contributed by atoms with Crippen LogP contribution in [0.2, 0.25) is 0 Å². The molecule has 1 amide bonds. The van der Waals surface area contributed by atoms with E-state index in [9.17, 15) is 4.79 Å². The molecule has 0 aliphatic rings. The molecule has 0 spiro atoms. The molecule has 0 aromatic heterocycles. The van der Waals surface area contributed by atoms with Crippen LogP contribution in [0.3, 0.4) is 0 Å². The van der Waals surface area contributed by atoms with Crippen molar-refractivity contribution < 1.29 is 14.3 Å². The standard InChI is InChI=1S/C18H39N3O3/c1-9-14(2)21(10-11-23-8)15(13-19)12-18(6,7)20-16(22)24-17(3,4)5/h14-15H,9-13,19H2,1-8H3,(H,20,22). The number of methoxy groups -OCH3 is 1. The van der Waals surface area contributed by atoms with Crippen LogP contribution in [-0.2, 0) is 9.47 Å². The largest absolute Gasteiger partial charge is 0.444 e. The van der Waals surface area contributed by atoms with Gasteiger partial charge in [0.2, 0.25) is 0 Å². The van der Waals surface area contributed by atoms with E-state index < -0.39 is 17.2 Å². The minimum Gasteiger partial charge on any atom is -0.444 e. The van der Waals surface area contributed by atoms with Gasteiger partial charge in [0.15, 0.2) is 0 Å². The average Bonchev–Trinajstić information content (AvgIpc) is 2.42. The van der Waals surface area contributed by atoms with E-state index in [1.807, 2.05) is 34.6 Å². The van der Waals surface area contributed by atoms with Crippen molar-refractivity contribution in [3.05, 3.63) is 0 Å². The van der Waals surface area contributed by atoms with Crippen molar-refractivity contribution in [2.45, 2.75) is 84.5 Å². The molecule has 6 nitrogen and oxygen atoms in total. The number of nitrogens with one attached hydrogen (secondary N) is 1. The normalized spacial score (nSPS) is 15.2. The van der Waals surface area contributed by atoms with Crippen LogP contribution >= 0.6 is 0 Å². The summed E-state index contributed by atoms with van der Waals surface area (Å²) in [5.41, 5.74) is 5.13. The molecule has 0 bridgehead atoms. The van der Waals surface area contributed by atoms with Crippen molar-refractivity contribution in [3.63, 3.8) is 0 Å². The first-order valence-electron chi connectivity index (χ1n) is 8.91. The minimum atomic E-state index is -0.505. The number of carbonyl (C=O) groups is 1. The lowest BCUT2D eigenvalue weighted by Gasteiger charge is -2.40. The fourth-order valence-electron chi connectivity index (χ4n) is 2.75. The average molecular weight is 346 g/mol.